The number of aryl methyl sites for hydroxylation is 1. The summed E-state index contributed by atoms with van der Waals surface area (Å²) >= 11 is 0. The van der Waals surface area contributed by atoms with Crippen LogP contribution < -0.4 is 5.32 Å². The molecule has 0 radical (unpaired) electrons. The molecule has 2 fully saturated rings. The van der Waals surface area contributed by atoms with Crippen molar-refractivity contribution < 1.29 is 0 Å². The minimum absolute atomic E-state index is 0.600. The van der Waals surface area contributed by atoms with Gasteiger partial charge in [-0.25, -0.2) is 0 Å². The van der Waals surface area contributed by atoms with Gasteiger partial charge in [-0.15, -0.1) is 0 Å². The van der Waals surface area contributed by atoms with E-state index in [0.717, 1.165) is 24.3 Å². The molecule has 0 aromatic heterocycles. The summed E-state index contributed by atoms with van der Waals surface area (Å²) in [4.78, 5) is 0. The van der Waals surface area contributed by atoms with E-state index in [1.807, 2.05) is 0 Å². The van der Waals surface area contributed by atoms with E-state index in [1.54, 1.807) is 0 Å². The Morgan fingerprint density at radius 3 is 2.29 bits per heavy atom. The van der Waals surface area contributed by atoms with Crippen LogP contribution in [0.5, 0.6) is 0 Å². The first-order valence-corrected chi connectivity index (χ1v) is 9.17. The molecular weight excluding hydrogens is 254 g/mol. The lowest BCUT2D eigenvalue weighted by molar-refractivity contribution is 0.456. The van der Waals surface area contributed by atoms with Crippen molar-refractivity contribution in [2.45, 2.75) is 64.8 Å². The number of hydrogen-bond acceptors (Lipinski definition) is 1. The van der Waals surface area contributed by atoms with Crippen LogP contribution in [0.3, 0.4) is 0 Å². The van der Waals surface area contributed by atoms with E-state index in [9.17, 15) is 0 Å². The maximum Gasteiger partial charge on any atom is 0.0354 e. The molecule has 0 heterocycles. The highest BCUT2D eigenvalue weighted by molar-refractivity contribution is 5.28. The molecule has 3 atom stereocenters. The molecule has 3 rings (SSSR count). The van der Waals surface area contributed by atoms with Crippen LogP contribution in [0.25, 0.3) is 0 Å². The topological polar surface area (TPSA) is 12.0 Å². The van der Waals surface area contributed by atoms with E-state index in [-0.39, 0.29) is 0 Å². The molecule has 1 nitrogen and oxygen atoms in total. The molecule has 1 N–H and O–H groups in total. The highest BCUT2D eigenvalue weighted by atomic mass is 14.9. The second kappa shape index (κ2) is 6.96. The van der Waals surface area contributed by atoms with Crippen molar-refractivity contribution in [3.8, 4) is 0 Å². The Bertz CT molecular complexity index is 424. The third-order valence-electron chi connectivity index (χ3n) is 5.69. The molecule has 2 aliphatic rings. The molecular formula is C20H31N. The Morgan fingerprint density at radius 1 is 1.05 bits per heavy atom. The van der Waals surface area contributed by atoms with E-state index in [0.29, 0.717) is 6.04 Å². The van der Waals surface area contributed by atoms with Gasteiger partial charge in [-0.2, -0.15) is 0 Å². The Morgan fingerprint density at radius 2 is 1.71 bits per heavy atom. The predicted molar refractivity (Wildman–Crippen MR) is 90.4 cm³/mol. The van der Waals surface area contributed by atoms with Gasteiger partial charge in [0.25, 0.3) is 0 Å². The third kappa shape index (κ3) is 3.34. The van der Waals surface area contributed by atoms with Gasteiger partial charge in [0.1, 0.15) is 0 Å². The zero-order valence-corrected chi connectivity index (χ0v) is 13.8. The predicted octanol–water partition coefficient (Wildman–Crippen LogP) is 5.12. The molecule has 116 valence electrons. The zero-order valence-electron chi connectivity index (χ0n) is 13.8. The molecule has 21 heavy (non-hydrogen) atoms. The average Bonchev–Trinajstić information content (AvgIpc) is 3.25. The van der Waals surface area contributed by atoms with Gasteiger partial charge in [0.15, 0.2) is 0 Å². The highest BCUT2D eigenvalue weighted by Crippen LogP contribution is 2.60. The van der Waals surface area contributed by atoms with Crippen molar-refractivity contribution in [1.29, 1.82) is 0 Å². The van der Waals surface area contributed by atoms with Crippen LogP contribution in [-0.2, 0) is 6.42 Å². The first kappa shape index (κ1) is 15.1. The summed E-state index contributed by atoms with van der Waals surface area (Å²) in [7, 11) is 0. The van der Waals surface area contributed by atoms with E-state index in [4.69, 9.17) is 0 Å². The fourth-order valence-electron chi connectivity index (χ4n) is 4.51. The molecule has 3 unspecified atom stereocenters. The summed E-state index contributed by atoms with van der Waals surface area (Å²) in [5.74, 6) is 2.94. The summed E-state index contributed by atoms with van der Waals surface area (Å²) in [6, 6.07) is 10.1. The number of nitrogens with one attached hydrogen (secondary N) is 1. The molecule has 1 aromatic carbocycles. The van der Waals surface area contributed by atoms with Gasteiger partial charge in [0, 0.05) is 6.04 Å². The van der Waals surface area contributed by atoms with Crippen molar-refractivity contribution >= 4 is 0 Å². The number of benzene rings is 1. The minimum atomic E-state index is 0.600. The van der Waals surface area contributed by atoms with Crippen molar-refractivity contribution in [2.24, 2.45) is 17.8 Å². The number of hydrogen-bond donors (Lipinski definition) is 1. The normalized spacial score (nSPS) is 29.0. The van der Waals surface area contributed by atoms with Crippen LogP contribution >= 0.6 is 0 Å². The Labute approximate surface area is 130 Å². The van der Waals surface area contributed by atoms with E-state index in [1.165, 1.54) is 56.1 Å². The average molecular weight is 285 g/mol. The largest absolute Gasteiger partial charge is 0.310 e. The minimum Gasteiger partial charge on any atom is -0.310 e. The number of unbranched alkanes of at least 4 members (excludes halogenated alkanes) is 1. The van der Waals surface area contributed by atoms with Crippen LogP contribution in [0.4, 0.5) is 0 Å². The Hall–Kier alpha value is -0.820. The van der Waals surface area contributed by atoms with Crippen molar-refractivity contribution in [3.05, 3.63) is 35.4 Å². The first-order valence-electron chi connectivity index (χ1n) is 9.17. The van der Waals surface area contributed by atoms with Crippen molar-refractivity contribution in [1.82, 2.24) is 5.32 Å². The van der Waals surface area contributed by atoms with Gasteiger partial charge < -0.3 is 5.32 Å². The highest BCUT2D eigenvalue weighted by Gasteiger charge is 2.54. The van der Waals surface area contributed by atoms with Crippen molar-refractivity contribution in [2.75, 3.05) is 6.54 Å². The van der Waals surface area contributed by atoms with E-state index < -0.39 is 0 Å². The van der Waals surface area contributed by atoms with Gasteiger partial charge in [-0.3, -0.25) is 0 Å². The molecule has 0 saturated heterocycles. The fourth-order valence-corrected chi connectivity index (χ4v) is 4.51. The molecule has 2 aliphatic carbocycles. The number of rotatable bonds is 7. The molecule has 2 saturated carbocycles. The first-order chi connectivity index (χ1) is 10.3. The summed E-state index contributed by atoms with van der Waals surface area (Å²) in [6.45, 7) is 5.59. The molecule has 0 amide bonds. The van der Waals surface area contributed by atoms with Crippen LogP contribution in [0.15, 0.2) is 24.3 Å². The monoisotopic (exact) mass is 285 g/mol. The van der Waals surface area contributed by atoms with E-state index >= 15 is 0 Å². The molecule has 1 aromatic rings. The fraction of sp³-hybridized carbons (Fsp3) is 0.700. The van der Waals surface area contributed by atoms with Gasteiger partial charge >= 0.3 is 0 Å². The molecule has 1 heteroatoms. The molecule has 0 bridgehead atoms. The third-order valence-corrected chi connectivity index (χ3v) is 5.69. The van der Waals surface area contributed by atoms with Crippen LogP contribution in [0, 0.1) is 17.8 Å². The van der Waals surface area contributed by atoms with Crippen LogP contribution in [-0.4, -0.2) is 6.54 Å². The SMILES string of the molecule is CCCCc1ccc(C(NCC)C2C3CCCCC32)cc1. The summed E-state index contributed by atoms with van der Waals surface area (Å²) < 4.78 is 0. The van der Waals surface area contributed by atoms with Crippen molar-refractivity contribution in [3.63, 3.8) is 0 Å². The summed E-state index contributed by atoms with van der Waals surface area (Å²) in [6.07, 6.45) is 9.71. The zero-order chi connectivity index (χ0) is 14.7. The lowest BCUT2D eigenvalue weighted by atomic mass is 9.97. The second-order valence-electron chi connectivity index (χ2n) is 7.07. The maximum absolute atomic E-state index is 3.78. The Balaban J connectivity index is 1.69. The van der Waals surface area contributed by atoms with Gasteiger partial charge in [0.2, 0.25) is 0 Å². The van der Waals surface area contributed by atoms with Crippen LogP contribution in [0.2, 0.25) is 0 Å². The second-order valence-corrected chi connectivity index (χ2v) is 7.07. The lowest BCUT2D eigenvalue weighted by Crippen LogP contribution is -2.23. The molecule has 0 aliphatic heterocycles. The quantitative estimate of drug-likeness (QED) is 0.733. The lowest BCUT2D eigenvalue weighted by Gasteiger charge is -2.19. The standard InChI is InChI=1S/C20H31N/c1-3-5-8-15-11-13-16(14-12-15)20(21-4-2)19-17-9-6-7-10-18(17)19/h11-14,17-21H,3-10H2,1-2H3. The smallest absolute Gasteiger partial charge is 0.0354 e. The number of fused-ring (bicyclic) bond motifs is 1. The summed E-state index contributed by atoms with van der Waals surface area (Å²) in [5, 5.41) is 3.78. The summed E-state index contributed by atoms with van der Waals surface area (Å²) in [5.41, 5.74) is 3.03. The Kier molecular flexibility index (Phi) is 5.00. The van der Waals surface area contributed by atoms with Crippen LogP contribution in [0.1, 0.15) is 69.5 Å². The van der Waals surface area contributed by atoms with Gasteiger partial charge in [-0.05, 0) is 61.1 Å². The van der Waals surface area contributed by atoms with Gasteiger partial charge in [0.05, 0.1) is 0 Å². The van der Waals surface area contributed by atoms with Gasteiger partial charge in [-0.1, -0.05) is 57.4 Å². The molecule has 0 spiro atoms. The maximum atomic E-state index is 3.78. The van der Waals surface area contributed by atoms with E-state index in [2.05, 4.69) is 43.4 Å².